The molecule has 4 nitrogen and oxygen atoms in total. The summed E-state index contributed by atoms with van der Waals surface area (Å²) in [7, 11) is 0. The monoisotopic (exact) mass is 294 g/mol. The first-order chi connectivity index (χ1) is 9.99. The van der Waals surface area contributed by atoms with Crippen LogP contribution in [0.4, 0.5) is 0 Å². The van der Waals surface area contributed by atoms with Crippen molar-refractivity contribution in [2.45, 2.75) is 33.2 Å². The number of hydrogen-bond donors (Lipinski definition) is 0. The highest BCUT2D eigenvalue weighted by Crippen LogP contribution is 2.29. The zero-order valence-electron chi connectivity index (χ0n) is 13.3. The predicted molar refractivity (Wildman–Crippen MR) is 81.0 cm³/mol. The van der Waals surface area contributed by atoms with Gasteiger partial charge in [-0.3, -0.25) is 0 Å². The van der Waals surface area contributed by atoms with E-state index in [4.69, 9.17) is 18.9 Å². The van der Waals surface area contributed by atoms with Crippen LogP contribution in [0.1, 0.15) is 26.3 Å². The van der Waals surface area contributed by atoms with E-state index in [1.807, 2.05) is 32.0 Å². The minimum absolute atomic E-state index is 0.0745. The molecule has 0 bridgehead atoms. The average Bonchev–Trinajstić information content (AvgIpc) is 2.48. The zero-order valence-corrected chi connectivity index (χ0v) is 13.3. The lowest BCUT2D eigenvalue weighted by Crippen LogP contribution is -2.47. The van der Waals surface area contributed by atoms with Crippen molar-refractivity contribution in [2.75, 3.05) is 33.0 Å². The Kier molecular flexibility index (Phi) is 5.76. The van der Waals surface area contributed by atoms with Crippen LogP contribution < -0.4 is 0 Å². The summed E-state index contributed by atoms with van der Waals surface area (Å²) in [5.41, 5.74) is 1.11. The van der Waals surface area contributed by atoms with Gasteiger partial charge in [-0.1, -0.05) is 37.3 Å². The maximum atomic E-state index is 5.70. The Hall–Kier alpha value is -0.940. The van der Waals surface area contributed by atoms with Crippen LogP contribution >= 0.6 is 0 Å². The third-order valence-electron chi connectivity index (χ3n) is 3.47. The summed E-state index contributed by atoms with van der Waals surface area (Å²) in [4.78, 5) is 0. The molecular weight excluding hydrogens is 268 g/mol. The minimum Gasteiger partial charge on any atom is -0.378 e. The van der Waals surface area contributed by atoms with Gasteiger partial charge in [0, 0.05) is 5.41 Å². The van der Waals surface area contributed by atoms with Gasteiger partial charge < -0.3 is 18.9 Å². The molecule has 118 valence electrons. The standard InChI is InChI=1S/C17H26O4/c1-16(2)20-13-17(3,14-21-16)12-19-10-9-18-11-15-7-5-4-6-8-15/h4-8H,9-14H2,1-3H3. The van der Waals surface area contributed by atoms with Gasteiger partial charge in [0.05, 0.1) is 39.6 Å². The van der Waals surface area contributed by atoms with Gasteiger partial charge in [-0.25, -0.2) is 0 Å². The van der Waals surface area contributed by atoms with Crippen molar-refractivity contribution < 1.29 is 18.9 Å². The van der Waals surface area contributed by atoms with Crippen LogP contribution in [-0.4, -0.2) is 38.8 Å². The van der Waals surface area contributed by atoms with Crippen molar-refractivity contribution in [3.05, 3.63) is 35.9 Å². The van der Waals surface area contributed by atoms with E-state index >= 15 is 0 Å². The Labute approximate surface area is 127 Å². The molecule has 1 aliphatic heterocycles. The van der Waals surface area contributed by atoms with E-state index in [0.717, 1.165) is 0 Å². The van der Waals surface area contributed by atoms with Crippen LogP contribution in [0.15, 0.2) is 30.3 Å². The quantitative estimate of drug-likeness (QED) is 0.724. The van der Waals surface area contributed by atoms with Gasteiger partial charge >= 0.3 is 0 Å². The number of rotatable bonds is 7. The zero-order chi connectivity index (χ0) is 15.2. The molecule has 0 N–H and O–H groups in total. The molecule has 4 heteroatoms. The lowest BCUT2D eigenvalue weighted by molar-refractivity contribution is -0.288. The normalized spacial score (nSPS) is 20.3. The summed E-state index contributed by atoms with van der Waals surface area (Å²) in [6, 6.07) is 10.1. The molecule has 0 saturated carbocycles. The van der Waals surface area contributed by atoms with Crippen molar-refractivity contribution in [3.63, 3.8) is 0 Å². The van der Waals surface area contributed by atoms with Crippen LogP contribution in [0.5, 0.6) is 0 Å². The molecule has 0 amide bonds. The van der Waals surface area contributed by atoms with Crippen LogP contribution in [0, 0.1) is 5.41 Å². The van der Waals surface area contributed by atoms with Crippen molar-refractivity contribution >= 4 is 0 Å². The van der Waals surface area contributed by atoms with E-state index in [1.54, 1.807) is 0 Å². The van der Waals surface area contributed by atoms with Gasteiger partial charge in [-0.15, -0.1) is 0 Å². The van der Waals surface area contributed by atoms with Crippen LogP contribution in [0.2, 0.25) is 0 Å². The van der Waals surface area contributed by atoms with Crippen molar-refractivity contribution in [1.29, 1.82) is 0 Å². The van der Waals surface area contributed by atoms with E-state index in [-0.39, 0.29) is 5.41 Å². The Morgan fingerprint density at radius 1 is 0.952 bits per heavy atom. The van der Waals surface area contributed by atoms with E-state index < -0.39 is 5.79 Å². The molecule has 1 aromatic carbocycles. The average molecular weight is 294 g/mol. The molecule has 0 aromatic heterocycles. The molecule has 2 rings (SSSR count). The highest BCUT2D eigenvalue weighted by molar-refractivity contribution is 5.13. The van der Waals surface area contributed by atoms with E-state index in [0.29, 0.717) is 39.6 Å². The maximum absolute atomic E-state index is 5.70. The summed E-state index contributed by atoms with van der Waals surface area (Å²) in [5.74, 6) is -0.474. The van der Waals surface area contributed by atoms with Gasteiger partial charge in [0.25, 0.3) is 0 Å². The largest absolute Gasteiger partial charge is 0.378 e. The lowest BCUT2D eigenvalue weighted by atomic mass is 9.93. The van der Waals surface area contributed by atoms with E-state index in [9.17, 15) is 0 Å². The molecule has 1 aliphatic rings. The predicted octanol–water partition coefficient (Wildman–Crippen LogP) is 3.01. The molecule has 21 heavy (non-hydrogen) atoms. The third-order valence-corrected chi connectivity index (χ3v) is 3.47. The van der Waals surface area contributed by atoms with Gasteiger partial charge in [-0.2, -0.15) is 0 Å². The molecule has 1 saturated heterocycles. The first-order valence-corrected chi connectivity index (χ1v) is 7.47. The number of hydrogen-bond acceptors (Lipinski definition) is 4. The maximum Gasteiger partial charge on any atom is 0.162 e. The Balaban J connectivity index is 1.56. The molecule has 0 radical (unpaired) electrons. The summed E-state index contributed by atoms with van der Waals surface area (Å²) in [5, 5.41) is 0. The SMILES string of the molecule is CC1(COCCOCc2ccccc2)COC(C)(C)OC1. The van der Waals surface area contributed by atoms with Gasteiger partial charge in [0.2, 0.25) is 0 Å². The molecule has 1 fully saturated rings. The molecule has 1 aromatic rings. The lowest BCUT2D eigenvalue weighted by Gasteiger charge is -2.41. The fourth-order valence-electron chi connectivity index (χ4n) is 2.06. The molecule has 0 aliphatic carbocycles. The van der Waals surface area contributed by atoms with Gasteiger partial charge in [-0.05, 0) is 19.4 Å². The van der Waals surface area contributed by atoms with Crippen LogP contribution in [0.25, 0.3) is 0 Å². The molecule has 0 unspecified atom stereocenters. The first-order valence-electron chi connectivity index (χ1n) is 7.47. The molecular formula is C17H26O4. The molecule has 0 atom stereocenters. The fraction of sp³-hybridized carbons (Fsp3) is 0.647. The summed E-state index contributed by atoms with van der Waals surface area (Å²) >= 11 is 0. The van der Waals surface area contributed by atoms with Crippen LogP contribution in [0.3, 0.4) is 0 Å². The summed E-state index contributed by atoms with van der Waals surface area (Å²) < 4.78 is 22.7. The highest BCUT2D eigenvalue weighted by Gasteiger charge is 2.36. The molecule has 1 heterocycles. The van der Waals surface area contributed by atoms with E-state index in [2.05, 4.69) is 19.1 Å². The smallest absolute Gasteiger partial charge is 0.162 e. The van der Waals surface area contributed by atoms with Crippen molar-refractivity contribution in [1.82, 2.24) is 0 Å². The van der Waals surface area contributed by atoms with Gasteiger partial charge in [0.15, 0.2) is 5.79 Å². The third kappa shape index (κ3) is 5.75. The topological polar surface area (TPSA) is 36.9 Å². The Morgan fingerprint density at radius 2 is 1.57 bits per heavy atom. The van der Waals surface area contributed by atoms with E-state index in [1.165, 1.54) is 5.56 Å². The van der Waals surface area contributed by atoms with Gasteiger partial charge in [0.1, 0.15) is 0 Å². The fourth-order valence-corrected chi connectivity index (χ4v) is 2.06. The Morgan fingerprint density at radius 3 is 2.24 bits per heavy atom. The first kappa shape index (κ1) is 16.4. The molecule has 0 spiro atoms. The minimum atomic E-state index is -0.474. The number of ether oxygens (including phenoxy) is 4. The van der Waals surface area contributed by atoms with Crippen molar-refractivity contribution in [2.24, 2.45) is 5.41 Å². The second kappa shape index (κ2) is 7.36. The van der Waals surface area contributed by atoms with Crippen LogP contribution in [-0.2, 0) is 25.6 Å². The second-order valence-corrected chi connectivity index (χ2v) is 6.38. The van der Waals surface area contributed by atoms with Crippen molar-refractivity contribution in [3.8, 4) is 0 Å². The Bertz CT molecular complexity index is 406. The second-order valence-electron chi connectivity index (χ2n) is 6.38. The number of benzene rings is 1. The highest BCUT2D eigenvalue weighted by atomic mass is 16.7. The summed E-state index contributed by atoms with van der Waals surface area (Å²) in [6.45, 7) is 9.74. The summed E-state index contributed by atoms with van der Waals surface area (Å²) in [6.07, 6.45) is 0.